The van der Waals surface area contributed by atoms with E-state index in [1.807, 2.05) is 24.3 Å². The summed E-state index contributed by atoms with van der Waals surface area (Å²) in [6.45, 7) is 0.487. The average molecular weight is 238 g/mol. The first-order valence-electron chi connectivity index (χ1n) is 5.59. The van der Waals surface area contributed by atoms with E-state index in [0.29, 0.717) is 18.8 Å². The Labute approximate surface area is 101 Å². The molecule has 0 atom stereocenters. The topological polar surface area (TPSA) is 84.6 Å². The molecule has 4 N–H and O–H groups in total. The van der Waals surface area contributed by atoms with Crippen LogP contribution in [0.4, 0.5) is 0 Å². The molecule has 1 aromatic carbocycles. The van der Waals surface area contributed by atoms with Crippen molar-refractivity contribution in [2.75, 3.05) is 6.61 Å². The molecule has 1 rings (SSSR count). The number of nitrogens with one attached hydrogen (secondary N) is 1. The van der Waals surface area contributed by atoms with E-state index in [-0.39, 0.29) is 12.5 Å². The van der Waals surface area contributed by atoms with Gasteiger partial charge < -0.3 is 9.84 Å². The molecule has 0 unspecified atom stereocenters. The number of carbonyl (C=O) groups excluding carboxylic acids is 1. The summed E-state index contributed by atoms with van der Waals surface area (Å²) in [6, 6.07) is 7.34. The Morgan fingerprint density at radius 3 is 2.82 bits per heavy atom. The normalized spacial score (nSPS) is 10.0. The van der Waals surface area contributed by atoms with Gasteiger partial charge in [-0.2, -0.15) is 0 Å². The number of nitrogens with two attached hydrogens (primary N) is 1. The van der Waals surface area contributed by atoms with Gasteiger partial charge in [0, 0.05) is 12.0 Å². The Hall–Kier alpha value is -1.59. The Morgan fingerprint density at radius 2 is 2.12 bits per heavy atom. The highest BCUT2D eigenvalue weighted by Gasteiger charge is 2.02. The number of hydrogen-bond donors (Lipinski definition) is 3. The summed E-state index contributed by atoms with van der Waals surface area (Å²) in [5.74, 6) is 5.48. The maximum Gasteiger partial charge on any atom is 0.233 e. The number of aliphatic hydroxyl groups excluding tert-OH is 1. The largest absolute Gasteiger partial charge is 0.493 e. The minimum atomic E-state index is -0.166. The summed E-state index contributed by atoms with van der Waals surface area (Å²) >= 11 is 0. The van der Waals surface area contributed by atoms with Crippen molar-refractivity contribution in [2.24, 2.45) is 5.84 Å². The first kappa shape index (κ1) is 13.5. The summed E-state index contributed by atoms with van der Waals surface area (Å²) in [5, 5.41) is 9.08. The van der Waals surface area contributed by atoms with Gasteiger partial charge in [0.25, 0.3) is 0 Å². The molecule has 5 heteroatoms. The second-order valence-electron chi connectivity index (χ2n) is 3.64. The Balaban J connectivity index is 2.24. The number of benzene rings is 1. The van der Waals surface area contributed by atoms with E-state index in [2.05, 4.69) is 5.43 Å². The fourth-order valence-electron chi connectivity index (χ4n) is 1.42. The van der Waals surface area contributed by atoms with Gasteiger partial charge in [0.15, 0.2) is 0 Å². The molecule has 0 aliphatic rings. The molecule has 0 aromatic heterocycles. The quantitative estimate of drug-likeness (QED) is 0.283. The fraction of sp³-hybridized carbons (Fsp3) is 0.417. The number of carbonyl (C=O) groups is 1. The molecule has 0 radical (unpaired) electrons. The second kappa shape index (κ2) is 7.65. The number of aliphatic hydroxyl groups is 1. The zero-order valence-electron chi connectivity index (χ0n) is 9.69. The molecule has 0 saturated carbocycles. The Kier molecular flexibility index (Phi) is 6.06. The van der Waals surface area contributed by atoms with Crippen LogP contribution in [-0.4, -0.2) is 17.6 Å². The van der Waals surface area contributed by atoms with Crippen LogP contribution in [0, 0.1) is 0 Å². The fourth-order valence-corrected chi connectivity index (χ4v) is 1.42. The summed E-state index contributed by atoms with van der Waals surface area (Å²) < 4.78 is 5.52. The van der Waals surface area contributed by atoms with E-state index in [0.717, 1.165) is 18.4 Å². The van der Waals surface area contributed by atoms with Gasteiger partial charge in [-0.05, 0) is 18.9 Å². The molecular weight excluding hydrogens is 220 g/mol. The summed E-state index contributed by atoms with van der Waals surface area (Å²) in [5.41, 5.74) is 2.85. The van der Waals surface area contributed by atoms with Crippen molar-refractivity contribution in [1.82, 2.24) is 5.43 Å². The SMILES string of the molecule is NNC(=O)CCCCOc1ccccc1CO. The minimum Gasteiger partial charge on any atom is -0.493 e. The standard InChI is InChI=1S/C12H18N2O3/c13-14-12(16)7-3-4-8-17-11-6-2-1-5-10(11)9-15/h1-2,5-6,15H,3-4,7-9,13H2,(H,14,16). The van der Waals surface area contributed by atoms with Crippen molar-refractivity contribution in [3.8, 4) is 5.75 Å². The van der Waals surface area contributed by atoms with Crippen molar-refractivity contribution in [3.63, 3.8) is 0 Å². The lowest BCUT2D eigenvalue weighted by Gasteiger charge is -2.09. The summed E-state index contributed by atoms with van der Waals surface area (Å²) in [4.78, 5) is 10.8. The van der Waals surface area contributed by atoms with Gasteiger partial charge in [0.05, 0.1) is 13.2 Å². The summed E-state index contributed by atoms with van der Waals surface area (Å²) in [7, 11) is 0. The van der Waals surface area contributed by atoms with Crippen LogP contribution in [0.1, 0.15) is 24.8 Å². The molecule has 0 spiro atoms. The van der Waals surface area contributed by atoms with E-state index >= 15 is 0 Å². The molecular formula is C12H18N2O3. The number of hydrogen-bond acceptors (Lipinski definition) is 4. The van der Waals surface area contributed by atoms with Gasteiger partial charge in [-0.1, -0.05) is 18.2 Å². The van der Waals surface area contributed by atoms with Crippen LogP contribution in [0.15, 0.2) is 24.3 Å². The predicted octanol–water partition coefficient (Wildman–Crippen LogP) is 0.718. The first-order valence-corrected chi connectivity index (χ1v) is 5.59. The van der Waals surface area contributed by atoms with Gasteiger partial charge in [-0.3, -0.25) is 10.2 Å². The van der Waals surface area contributed by atoms with E-state index in [9.17, 15) is 4.79 Å². The van der Waals surface area contributed by atoms with Crippen molar-refractivity contribution in [2.45, 2.75) is 25.9 Å². The molecule has 0 saturated heterocycles. The number of unbranched alkanes of at least 4 members (excludes halogenated alkanes) is 1. The van der Waals surface area contributed by atoms with Crippen LogP contribution in [0.2, 0.25) is 0 Å². The highest BCUT2D eigenvalue weighted by atomic mass is 16.5. The monoisotopic (exact) mass is 238 g/mol. The zero-order chi connectivity index (χ0) is 12.5. The van der Waals surface area contributed by atoms with Gasteiger partial charge in [-0.15, -0.1) is 0 Å². The number of amides is 1. The summed E-state index contributed by atoms with van der Waals surface area (Å²) in [6.07, 6.45) is 1.90. The van der Waals surface area contributed by atoms with Crippen LogP contribution >= 0.6 is 0 Å². The molecule has 0 bridgehead atoms. The Morgan fingerprint density at radius 1 is 1.35 bits per heavy atom. The molecule has 94 valence electrons. The molecule has 0 fully saturated rings. The molecule has 5 nitrogen and oxygen atoms in total. The lowest BCUT2D eigenvalue weighted by molar-refractivity contribution is -0.121. The van der Waals surface area contributed by atoms with Crippen molar-refractivity contribution >= 4 is 5.91 Å². The molecule has 1 amide bonds. The van der Waals surface area contributed by atoms with Crippen LogP contribution in [0.25, 0.3) is 0 Å². The van der Waals surface area contributed by atoms with Gasteiger partial charge in [0.1, 0.15) is 5.75 Å². The third-order valence-corrected chi connectivity index (χ3v) is 2.36. The lowest BCUT2D eigenvalue weighted by atomic mass is 10.2. The van der Waals surface area contributed by atoms with Crippen LogP contribution < -0.4 is 16.0 Å². The maximum atomic E-state index is 10.8. The second-order valence-corrected chi connectivity index (χ2v) is 3.64. The highest BCUT2D eigenvalue weighted by molar-refractivity contribution is 5.75. The van der Waals surface area contributed by atoms with Crippen molar-refractivity contribution < 1.29 is 14.6 Å². The van der Waals surface area contributed by atoms with E-state index in [1.165, 1.54) is 0 Å². The van der Waals surface area contributed by atoms with Crippen molar-refractivity contribution in [1.29, 1.82) is 0 Å². The van der Waals surface area contributed by atoms with E-state index in [4.69, 9.17) is 15.7 Å². The zero-order valence-corrected chi connectivity index (χ0v) is 9.69. The molecule has 0 aliphatic carbocycles. The molecule has 17 heavy (non-hydrogen) atoms. The molecule has 0 heterocycles. The van der Waals surface area contributed by atoms with Crippen molar-refractivity contribution in [3.05, 3.63) is 29.8 Å². The number of rotatable bonds is 7. The van der Waals surface area contributed by atoms with E-state index in [1.54, 1.807) is 0 Å². The Bertz CT molecular complexity index is 355. The molecule has 0 aliphatic heterocycles. The smallest absolute Gasteiger partial charge is 0.233 e. The average Bonchev–Trinajstić information content (AvgIpc) is 2.38. The number of para-hydroxylation sites is 1. The van der Waals surface area contributed by atoms with Crippen LogP contribution in [0.3, 0.4) is 0 Å². The van der Waals surface area contributed by atoms with Gasteiger partial charge in [0.2, 0.25) is 5.91 Å². The van der Waals surface area contributed by atoms with Gasteiger partial charge >= 0.3 is 0 Å². The third-order valence-electron chi connectivity index (χ3n) is 2.36. The van der Waals surface area contributed by atoms with Crippen LogP contribution in [0.5, 0.6) is 5.75 Å². The van der Waals surface area contributed by atoms with Gasteiger partial charge in [-0.25, -0.2) is 5.84 Å². The lowest BCUT2D eigenvalue weighted by Crippen LogP contribution is -2.29. The number of ether oxygens (including phenoxy) is 1. The molecule has 1 aromatic rings. The first-order chi connectivity index (χ1) is 8.27. The van der Waals surface area contributed by atoms with E-state index < -0.39 is 0 Å². The number of hydrazine groups is 1. The minimum absolute atomic E-state index is 0.0360. The highest BCUT2D eigenvalue weighted by Crippen LogP contribution is 2.17. The predicted molar refractivity (Wildman–Crippen MR) is 64.0 cm³/mol. The third kappa shape index (κ3) is 4.84. The maximum absolute atomic E-state index is 10.8. The van der Waals surface area contributed by atoms with Crippen LogP contribution in [-0.2, 0) is 11.4 Å².